The molecule has 0 radical (unpaired) electrons. The van der Waals surface area contributed by atoms with Gasteiger partial charge in [-0.1, -0.05) is 12.1 Å². The summed E-state index contributed by atoms with van der Waals surface area (Å²) in [5.74, 6) is 0.539. The van der Waals surface area contributed by atoms with Crippen LogP contribution in [-0.4, -0.2) is 66.8 Å². The molecule has 0 saturated carbocycles. The third kappa shape index (κ3) is 3.99. The number of hydrogen-bond acceptors (Lipinski definition) is 4. The van der Waals surface area contributed by atoms with Crippen molar-refractivity contribution in [2.45, 2.75) is 25.4 Å². The van der Waals surface area contributed by atoms with Crippen LogP contribution in [-0.2, 0) is 0 Å². The first-order valence-electron chi connectivity index (χ1n) is 7.83. The zero-order valence-corrected chi connectivity index (χ0v) is 13.7. The van der Waals surface area contributed by atoms with Crippen molar-refractivity contribution in [3.8, 4) is 5.75 Å². The molecule has 1 fully saturated rings. The SMILES string of the molecule is CCOc1ccccc1C(=O)N1CCC[C@@](O)(CN(C)C)C1. The van der Waals surface area contributed by atoms with Crippen LogP contribution >= 0.6 is 0 Å². The third-order valence-electron chi connectivity index (χ3n) is 3.87. The van der Waals surface area contributed by atoms with Crippen LogP contribution in [0.15, 0.2) is 24.3 Å². The van der Waals surface area contributed by atoms with E-state index in [1.54, 1.807) is 11.0 Å². The molecule has 1 aromatic rings. The number of likely N-dealkylation sites (tertiary alicyclic amines) is 1. The number of benzene rings is 1. The lowest BCUT2D eigenvalue weighted by molar-refractivity contribution is -0.0392. The number of piperidine rings is 1. The minimum Gasteiger partial charge on any atom is -0.493 e. The first kappa shape index (κ1) is 16.8. The van der Waals surface area contributed by atoms with Crippen LogP contribution < -0.4 is 4.74 Å². The molecule has 1 N–H and O–H groups in total. The highest BCUT2D eigenvalue weighted by Crippen LogP contribution is 2.26. The number of para-hydroxylation sites is 1. The fraction of sp³-hybridized carbons (Fsp3) is 0.588. The second kappa shape index (κ2) is 7.11. The van der Waals surface area contributed by atoms with Gasteiger partial charge in [0.1, 0.15) is 5.75 Å². The number of ether oxygens (including phenoxy) is 1. The number of β-amino-alcohol motifs (C(OH)–C–C–N with tert-alkyl or cyclic N) is 1. The molecule has 5 heteroatoms. The lowest BCUT2D eigenvalue weighted by Crippen LogP contribution is -2.54. The summed E-state index contributed by atoms with van der Waals surface area (Å²) in [6.45, 7) is 4.02. The van der Waals surface area contributed by atoms with Crippen molar-refractivity contribution in [3.05, 3.63) is 29.8 Å². The van der Waals surface area contributed by atoms with Gasteiger partial charge < -0.3 is 19.6 Å². The minimum absolute atomic E-state index is 0.0686. The molecule has 1 amide bonds. The Labute approximate surface area is 132 Å². The molecule has 2 rings (SSSR count). The molecule has 1 aliphatic rings. The fourth-order valence-corrected chi connectivity index (χ4v) is 3.10. The van der Waals surface area contributed by atoms with Crippen molar-refractivity contribution in [1.82, 2.24) is 9.80 Å². The Balaban J connectivity index is 2.15. The third-order valence-corrected chi connectivity index (χ3v) is 3.87. The molecule has 0 aromatic heterocycles. The van der Waals surface area contributed by atoms with Crippen molar-refractivity contribution in [2.24, 2.45) is 0 Å². The van der Waals surface area contributed by atoms with Crippen molar-refractivity contribution in [3.63, 3.8) is 0 Å². The standard InChI is InChI=1S/C17H26N2O3/c1-4-22-15-9-6-5-8-14(15)16(20)19-11-7-10-17(21,13-19)12-18(2)3/h5-6,8-9,21H,4,7,10-13H2,1-3H3/t17-/m1/s1. The van der Waals surface area contributed by atoms with Crippen LogP contribution in [0.1, 0.15) is 30.1 Å². The van der Waals surface area contributed by atoms with Crippen LogP contribution in [0.5, 0.6) is 5.75 Å². The van der Waals surface area contributed by atoms with E-state index in [1.807, 2.05) is 44.1 Å². The molecule has 1 heterocycles. The Morgan fingerprint density at radius 1 is 1.41 bits per heavy atom. The predicted octanol–water partition coefficient (Wildman–Crippen LogP) is 1.61. The van der Waals surface area contributed by atoms with E-state index in [0.717, 1.165) is 12.8 Å². The highest BCUT2D eigenvalue weighted by atomic mass is 16.5. The molecule has 1 aromatic carbocycles. The lowest BCUT2D eigenvalue weighted by Gasteiger charge is -2.40. The van der Waals surface area contributed by atoms with Gasteiger partial charge in [0, 0.05) is 13.1 Å². The lowest BCUT2D eigenvalue weighted by atomic mass is 9.92. The minimum atomic E-state index is -0.835. The van der Waals surface area contributed by atoms with Crippen LogP contribution in [0, 0.1) is 0 Å². The van der Waals surface area contributed by atoms with Crippen molar-refractivity contribution in [2.75, 3.05) is 40.3 Å². The number of amides is 1. The Hall–Kier alpha value is -1.59. The summed E-state index contributed by atoms with van der Waals surface area (Å²) in [4.78, 5) is 16.5. The second-order valence-electron chi connectivity index (χ2n) is 6.22. The number of likely N-dealkylation sites (N-methyl/N-ethyl adjacent to an activating group) is 1. The fourth-order valence-electron chi connectivity index (χ4n) is 3.10. The monoisotopic (exact) mass is 306 g/mol. The first-order valence-corrected chi connectivity index (χ1v) is 7.83. The first-order chi connectivity index (χ1) is 10.4. The van der Waals surface area contributed by atoms with Gasteiger partial charge in [0.15, 0.2) is 0 Å². The summed E-state index contributed by atoms with van der Waals surface area (Å²) >= 11 is 0. The van der Waals surface area contributed by atoms with Gasteiger partial charge in [-0.25, -0.2) is 0 Å². The van der Waals surface area contributed by atoms with Gasteiger partial charge in [-0.3, -0.25) is 4.79 Å². The molecule has 5 nitrogen and oxygen atoms in total. The molecule has 0 unspecified atom stereocenters. The summed E-state index contributed by atoms with van der Waals surface area (Å²) in [6.07, 6.45) is 1.54. The molecule has 22 heavy (non-hydrogen) atoms. The maximum absolute atomic E-state index is 12.8. The average Bonchev–Trinajstić information content (AvgIpc) is 2.46. The topological polar surface area (TPSA) is 53.0 Å². The van der Waals surface area contributed by atoms with E-state index in [0.29, 0.717) is 37.6 Å². The Morgan fingerprint density at radius 3 is 2.82 bits per heavy atom. The molecule has 0 spiro atoms. The predicted molar refractivity (Wildman–Crippen MR) is 86.3 cm³/mol. The molecule has 0 aliphatic carbocycles. The highest BCUT2D eigenvalue weighted by Gasteiger charge is 2.36. The summed E-state index contributed by atoms with van der Waals surface area (Å²) < 4.78 is 5.55. The molecule has 1 saturated heterocycles. The molecular formula is C17H26N2O3. The van der Waals surface area contributed by atoms with E-state index in [9.17, 15) is 9.90 Å². The van der Waals surface area contributed by atoms with Crippen LogP contribution in [0.2, 0.25) is 0 Å². The molecule has 0 bridgehead atoms. The molecular weight excluding hydrogens is 280 g/mol. The van der Waals surface area contributed by atoms with Crippen LogP contribution in [0.25, 0.3) is 0 Å². The van der Waals surface area contributed by atoms with Gasteiger partial charge in [0.2, 0.25) is 0 Å². The Bertz CT molecular complexity index is 518. The normalized spacial score (nSPS) is 22.0. The van der Waals surface area contributed by atoms with E-state index in [2.05, 4.69) is 0 Å². The molecule has 1 atom stereocenters. The number of hydrogen-bond donors (Lipinski definition) is 1. The summed E-state index contributed by atoms with van der Waals surface area (Å²) in [7, 11) is 3.87. The second-order valence-corrected chi connectivity index (χ2v) is 6.22. The zero-order chi connectivity index (χ0) is 16.2. The number of carbonyl (C=O) groups is 1. The number of rotatable bonds is 5. The van der Waals surface area contributed by atoms with E-state index in [1.165, 1.54) is 0 Å². The smallest absolute Gasteiger partial charge is 0.257 e. The van der Waals surface area contributed by atoms with Gasteiger partial charge in [0.25, 0.3) is 5.91 Å². The summed E-state index contributed by atoms with van der Waals surface area (Å²) in [6, 6.07) is 7.30. The van der Waals surface area contributed by atoms with E-state index >= 15 is 0 Å². The van der Waals surface area contributed by atoms with Crippen molar-refractivity contribution in [1.29, 1.82) is 0 Å². The summed E-state index contributed by atoms with van der Waals surface area (Å²) in [5.41, 5.74) is -0.267. The van der Waals surface area contributed by atoms with Crippen LogP contribution in [0.4, 0.5) is 0 Å². The maximum Gasteiger partial charge on any atom is 0.257 e. The molecule has 122 valence electrons. The van der Waals surface area contributed by atoms with Gasteiger partial charge in [-0.2, -0.15) is 0 Å². The van der Waals surface area contributed by atoms with Gasteiger partial charge in [0.05, 0.1) is 24.3 Å². The maximum atomic E-state index is 12.8. The largest absolute Gasteiger partial charge is 0.493 e. The van der Waals surface area contributed by atoms with Gasteiger partial charge >= 0.3 is 0 Å². The quantitative estimate of drug-likeness (QED) is 0.898. The van der Waals surface area contributed by atoms with Crippen molar-refractivity contribution < 1.29 is 14.6 Å². The van der Waals surface area contributed by atoms with E-state index in [4.69, 9.17) is 4.74 Å². The average molecular weight is 306 g/mol. The Morgan fingerprint density at radius 2 is 2.14 bits per heavy atom. The van der Waals surface area contributed by atoms with E-state index in [-0.39, 0.29) is 5.91 Å². The number of nitrogens with zero attached hydrogens (tertiary/aromatic N) is 2. The van der Waals surface area contributed by atoms with Gasteiger partial charge in [-0.15, -0.1) is 0 Å². The molecule has 1 aliphatic heterocycles. The van der Waals surface area contributed by atoms with Crippen LogP contribution in [0.3, 0.4) is 0 Å². The number of carbonyl (C=O) groups excluding carboxylic acids is 1. The Kier molecular flexibility index (Phi) is 5.42. The van der Waals surface area contributed by atoms with E-state index < -0.39 is 5.60 Å². The van der Waals surface area contributed by atoms with Crippen molar-refractivity contribution >= 4 is 5.91 Å². The zero-order valence-electron chi connectivity index (χ0n) is 13.7. The highest BCUT2D eigenvalue weighted by molar-refractivity contribution is 5.97. The number of aliphatic hydroxyl groups is 1. The van der Waals surface area contributed by atoms with Gasteiger partial charge in [-0.05, 0) is 46.0 Å². The summed E-state index contributed by atoms with van der Waals surface area (Å²) in [5, 5.41) is 10.7.